The monoisotopic (exact) mass is 414 g/mol. The molecule has 152 valence electrons. The first-order valence-corrected chi connectivity index (χ1v) is 10.8. The van der Waals surface area contributed by atoms with E-state index in [4.69, 9.17) is 10.5 Å². The van der Waals surface area contributed by atoms with Crippen LogP contribution in [0.1, 0.15) is 35.0 Å². The number of nitrogens with zero attached hydrogens (tertiary/aromatic N) is 3. The number of benzene rings is 1. The van der Waals surface area contributed by atoms with Gasteiger partial charge < -0.3 is 10.5 Å². The lowest BCUT2D eigenvalue weighted by Gasteiger charge is -2.40. The van der Waals surface area contributed by atoms with E-state index in [0.717, 1.165) is 9.87 Å². The van der Waals surface area contributed by atoms with Crippen LogP contribution in [-0.2, 0) is 22.0 Å². The van der Waals surface area contributed by atoms with Gasteiger partial charge in [-0.15, -0.1) is 0 Å². The number of aliphatic imine (C=N–C) groups is 1. The van der Waals surface area contributed by atoms with E-state index in [1.54, 1.807) is 49.5 Å². The molecule has 0 saturated carbocycles. The Morgan fingerprint density at radius 2 is 2.14 bits per heavy atom. The number of guanidine groups is 1. The van der Waals surface area contributed by atoms with Gasteiger partial charge in [-0.05, 0) is 36.8 Å². The zero-order chi connectivity index (χ0) is 20.8. The van der Waals surface area contributed by atoms with Crippen molar-refractivity contribution in [1.29, 1.82) is 0 Å². The number of fused-ring (bicyclic) bond motifs is 3. The Labute approximate surface area is 169 Å². The topological polar surface area (TPSA) is 115 Å². The van der Waals surface area contributed by atoms with E-state index in [1.165, 1.54) is 7.05 Å². The number of carbonyl (C=O) groups excluding carboxylic acids is 1. The molecule has 8 nitrogen and oxygen atoms in total. The van der Waals surface area contributed by atoms with Crippen LogP contribution in [0.5, 0.6) is 5.75 Å². The molecule has 2 aliphatic rings. The van der Waals surface area contributed by atoms with Gasteiger partial charge in [-0.1, -0.05) is 12.1 Å². The number of nitrogens with two attached hydrogens (primary N) is 1. The molecule has 2 aliphatic heterocycles. The number of hydrogen-bond donors (Lipinski definition) is 1. The van der Waals surface area contributed by atoms with Gasteiger partial charge in [0.05, 0.1) is 6.61 Å². The molecular formula is C20H22N4O4S. The fourth-order valence-corrected chi connectivity index (χ4v) is 5.78. The molecule has 2 N–H and O–H groups in total. The van der Waals surface area contributed by atoms with Gasteiger partial charge in [0.15, 0.2) is 5.78 Å². The first kappa shape index (κ1) is 19.4. The Morgan fingerprint density at radius 1 is 1.34 bits per heavy atom. The lowest BCUT2D eigenvalue weighted by molar-refractivity contribution is 0.0988. The first-order valence-electron chi connectivity index (χ1n) is 9.27. The molecule has 2 atom stereocenters. The fraction of sp³-hybridized carbons (Fsp3) is 0.350. The zero-order valence-electron chi connectivity index (χ0n) is 16.2. The number of ether oxygens (including phenoxy) is 1. The average Bonchev–Trinajstić information content (AvgIpc) is 2.84. The van der Waals surface area contributed by atoms with Gasteiger partial charge in [-0.25, -0.2) is 17.7 Å². The van der Waals surface area contributed by atoms with Crippen molar-refractivity contribution in [3.63, 3.8) is 0 Å². The maximum Gasteiger partial charge on any atom is 0.242 e. The summed E-state index contributed by atoms with van der Waals surface area (Å²) in [5, 5.41) is -0.810. The highest BCUT2D eigenvalue weighted by Crippen LogP contribution is 2.45. The second-order valence-corrected chi connectivity index (χ2v) is 9.55. The minimum atomic E-state index is -3.69. The Bertz CT molecular complexity index is 1100. The summed E-state index contributed by atoms with van der Waals surface area (Å²) in [5.41, 5.74) is 6.57. The molecule has 0 fully saturated rings. The van der Waals surface area contributed by atoms with Crippen molar-refractivity contribution >= 4 is 21.8 Å². The van der Waals surface area contributed by atoms with Crippen molar-refractivity contribution in [3.8, 4) is 5.75 Å². The highest BCUT2D eigenvalue weighted by Gasteiger charge is 2.52. The third kappa shape index (κ3) is 3.15. The van der Waals surface area contributed by atoms with E-state index < -0.39 is 20.8 Å². The molecule has 0 unspecified atom stereocenters. The molecule has 9 heteroatoms. The molecule has 0 saturated heterocycles. The van der Waals surface area contributed by atoms with Crippen molar-refractivity contribution in [2.75, 3.05) is 13.7 Å². The predicted molar refractivity (Wildman–Crippen MR) is 108 cm³/mol. The number of sulfonamides is 1. The van der Waals surface area contributed by atoms with Gasteiger partial charge >= 0.3 is 0 Å². The summed E-state index contributed by atoms with van der Waals surface area (Å²) in [7, 11) is -2.29. The summed E-state index contributed by atoms with van der Waals surface area (Å²) < 4.78 is 32.9. The lowest BCUT2D eigenvalue weighted by atomic mass is 9.85. The molecule has 0 aliphatic carbocycles. The Hall–Kier alpha value is -2.94. The third-order valence-electron chi connectivity index (χ3n) is 5.58. The van der Waals surface area contributed by atoms with E-state index in [2.05, 4.69) is 9.98 Å². The molecule has 0 radical (unpaired) electrons. The molecule has 0 amide bonds. The van der Waals surface area contributed by atoms with Crippen LogP contribution in [-0.4, -0.2) is 48.4 Å². The van der Waals surface area contributed by atoms with Crippen LogP contribution in [0.15, 0.2) is 47.6 Å². The number of hydrogen-bond acceptors (Lipinski definition) is 7. The van der Waals surface area contributed by atoms with Crippen molar-refractivity contribution < 1.29 is 17.9 Å². The van der Waals surface area contributed by atoms with Crippen LogP contribution < -0.4 is 10.5 Å². The average molecular weight is 414 g/mol. The van der Waals surface area contributed by atoms with Crippen LogP contribution in [0.2, 0.25) is 0 Å². The zero-order valence-corrected chi connectivity index (χ0v) is 17.0. The van der Waals surface area contributed by atoms with Gasteiger partial charge in [-0.3, -0.25) is 9.78 Å². The number of pyridine rings is 1. The maximum absolute atomic E-state index is 13.0. The quantitative estimate of drug-likeness (QED) is 0.761. The Balaban J connectivity index is 1.78. The van der Waals surface area contributed by atoms with Gasteiger partial charge in [0, 0.05) is 31.6 Å². The SMILES string of the molecule is CN1C(N)=N[C@]2(C)c3cc(CC(=O)c4ccccn4)ccc3OCC[C@H]2S1(=O)=O. The van der Waals surface area contributed by atoms with Crippen LogP contribution in [0, 0.1) is 0 Å². The molecular weight excluding hydrogens is 392 g/mol. The summed E-state index contributed by atoms with van der Waals surface area (Å²) in [5.74, 6) is 0.368. The summed E-state index contributed by atoms with van der Waals surface area (Å²) in [4.78, 5) is 21.2. The lowest BCUT2D eigenvalue weighted by Crippen LogP contribution is -2.56. The number of rotatable bonds is 3. The van der Waals surface area contributed by atoms with Gasteiger partial charge in [0.2, 0.25) is 16.0 Å². The van der Waals surface area contributed by atoms with Crippen molar-refractivity contribution in [2.45, 2.75) is 30.6 Å². The highest BCUT2D eigenvalue weighted by atomic mass is 32.2. The number of ketones is 1. The van der Waals surface area contributed by atoms with E-state index in [9.17, 15) is 13.2 Å². The smallest absolute Gasteiger partial charge is 0.242 e. The normalized spacial score (nSPS) is 25.1. The van der Waals surface area contributed by atoms with Gasteiger partial charge in [0.1, 0.15) is 22.2 Å². The third-order valence-corrected chi connectivity index (χ3v) is 7.94. The molecule has 2 aromatic rings. The van der Waals surface area contributed by atoms with E-state index in [-0.39, 0.29) is 31.2 Å². The molecule has 3 heterocycles. The van der Waals surface area contributed by atoms with Crippen molar-refractivity contribution in [3.05, 3.63) is 59.4 Å². The summed E-state index contributed by atoms with van der Waals surface area (Å²) in [6.45, 7) is 2.01. The van der Waals surface area contributed by atoms with Gasteiger partial charge in [0.25, 0.3) is 0 Å². The van der Waals surface area contributed by atoms with E-state index in [0.29, 0.717) is 17.0 Å². The second kappa shape index (κ2) is 6.84. The predicted octanol–water partition coefficient (Wildman–Crippen LogP) is 1.46. The van der Waals surface area contributed by atoms with E-state index in [1.807, 2.05) is 0 Å². The van der Waals surface area contributed by atoms with Crippen molar-refractivity contribution in [1.82, 2.24) is 9.29 Å². The molecule has 1 aromatic carbocycles. The van der Waals surface area contributed by atoms with Crippen LogP contribution >= 0.6 is 0 Å². The Morgan fingerprint density at radius 3 is 2.86 bits per heavy atom. The standard InChI is InChI=1S/C20H22N4O4S/c1-20-14-11-13(12-16(25)15-5-3-4-9-22-15)6-7-17(14)28-10-8-18(20)29(26,27)24(2)19(21)23-20/h3-7,9,11,18H,8,10,12H2,1-2H3,(H2,21,23)/t18-,20-/m1/s1. The maximum atomic E-state index is 13.0. The molecule has 4 rings (SSSR count). The minimum absolute atomic E-state index is 0.0634. The molecule has 29 heavy (non-hydrogen) atoms. The first-order chi connectivity index (χ1) is 13.7. The van der Waals surface area contributed by atoms with Gasteiger partial charge in [-0.2, -0.15) is 0 Å². The number of carbonyl (C=O) groups is 1. The largest absolute Gasteiger partial charge is 0.493 e. The number of Topliss-reactive ketones (excluding diaryl/α,β-unsaturated/α-hetero) is 1. The minimum Gasteiger partial charge on any atom is -0.493 e. The summed E-state index contributed by atoms with van der Waals surface area (Å²) >= 11 is 0. The van der Waals surface area contributed by atoms with Crippen LogP contribution in [0.4, 0.5) is 0 Å². The van der Waals surface area contributed by atoms with Crippen LogP contribution in [0.25, 0.3) is 0 Å². The molecule has 0 bridgehead atoms. The molecule has 0 spiro atoms. The highest BCUT2D eigenvalue weighted by molar-refractivity contribution is 7.90. The van der Waals surface area contributed by atoms with Crippen molar-refractivity contribution in [2.24, 2.45) is 10.7 Å². The van der Waals surface area contributed by atoms with Crippen LogP contribution in [0.3, 0.4) is 0 Å². The summed E-state index contributed by atoms with van der Waals surface area (Å²) in [6.07, 6.45) is 2.00. The summed E-state index contributed by atoms with van der Waals surface area (Å²) in [6, 6.07) is 10.5. The fourth-order valence-electron chi connectivity index (χ4n) is 3.94. The second-order valence-electron chi connectivity index (χ2n) is 7.40. The number of aromatic nitrogens is 1. The molecule has 1 aromatic heterocycles. The van der Waals surface area contributed by atoms with E-state index >= 15 is 0 Å². The Kier molecular flexibility index (Phi) is 4.57.